The average molecular weight is 443 g/mol. The van der Waals surface area contributed by atoms with Gasteiger partial charge >= 0.3 is 5.97 Å². The topological polar surface area (TPSA) is 94.6 Å². The van der Waals surface area contributed by atoms with Gasteiger partial charge in [-0.2, -0.15) is 5.26 Å². The number of hydrogen-bond acceptors (Lipinski definition) is 6. The van der Waals surface area contributed by atoms with Crippen molar-refractivity contribution in [1.29, 1.82) is 5.26 Å². The molecule has 1 atom stereocenters. The van der Waals surface area contributed by atoms with Crippen LogP contribution < -0.4 is 10.5 Å². The van der Waals surface area contributed by atoms with Gasteiger partial charge in [-0.15, -0.1) is 0 Å². The maximum atomic E-state index is 13.0. The summed E-state index contributed by atoms with van der Waals surface area (Å²) in [5, 5.41) is 9.92. The van der Waals surface area contributed by atoms with Gasteiger partial charge in [-0.3, -0.25) is 0 Å². The molecule has 31 heavy (non-hydrogen) atoms. The number of halogens is 2. The van der Waals surface area contributed by atoms with Gasteiger partial charge < -0.3 is 19.9 Å². The Kier molecular flexibility index (Phi) is 6.83. The number of nitrogens with two attached hydrogens (primary N) is 1. The van der Waals surface area contributed by atoms with E-state index in [1.54, 1.807) is 44.2 Å². The van der Waals surface area contributed by atoms with Crippen molar-refractivity contribution in [2.45, 2.75) is 26.4 Å². The van der Waals surface area contributed by atoms with E-state index in [0.29, 0.717) is 11.3 Å². The molecular formula is C23H20ClFN2O4. The molecule has 0 amide bonds. The average Bonchev–Trinajstić information content (AvgIpc) is 2.73. The molecule has 2 aromatic rings. The third kappa shape index (κ3) is 4.81. The monoisotopic (exact) mass is 442 g/mol. The highest BCUT2D eigenvalue weighted by Gasteiger charge is 2.36. The molecule has 2 N–H and O–H groups in total. The van der Waals surface area contributed by atoms with E-state index in [1.165, 1.54) is 12.1 Å². The molecule has 0 saturated carbocycles. The summed E-state index contributed by atoms with van der Waals surface area (Å²) in [7, 11) is 0. The fourth-order valence-corrected chi connectivity index (χ4v) is 3.49. The summed E-state index contributed by atoms with van der Waals surface area (Å²) in [5.74, 6) is -1.14. The second-order valence-corrected chi connectivity index (χ2v) is 7.13. The molecule has 0 aliphatic carbocycles. The van der Waals surface area contributed by atoms with Crippen LogP contribution >= 0.6 is 11.6 Å². The summed E-state index contributed by atoms with van der Waals surface area (Å²) in [5.41, 5.74) is 7.50. The number of rotatable bonds is 6. The molecule has 0 spiro atoms. The quantitative estimate of drug-likeness (QED) is 0.651. The van der Waals surface area contributed by atoms with Crippen LogP contribution in [0.5, 0.6) is 5.75 Å². The number of carbonyl (C=O) groups excluding carboxylic acids is 1. The number of carbonyl (C=O) groups is 1. The van der Waals surface area contributed by atoms with Gasteiger partial charge in [-0.25, -0.2) is 9.18 Å². The molecule has 1 aliphatic rings. The molecule has 1 aliphatic heterocycles. The van der Waals surface area contributed by atoms with Gasteiger partial charge in [0, 0.05) is 0 Å². The summed E-state index contributed by atoms with van der Waals surface area (Å²) >= 11 is 6.41. The van der Waals surface area contributed by atoms with Crippen LogP contribution in [0.4, 0.5) is 4.39 Å². The minimum absolute atomic E-state index is 0.0780. The smallest absolute Gasteiger partial charge is 0.338 e. The van der Waals surface area contributed by atoms with E-state index in [1.807, 2.05) is 6.07 Å². The number of benzene rings is 2. The molecule has 6 nitrogen and oxygen atoms in total. The van der Waals surface area contributed by atoms with Crippen LogP contribution in [-0.4, -0.2) is 12.6 Å². The predicted molar refractivity (Wildman–Crippen MR) is 112 cm³/mol. The summed E-state index contributed by atoms with van der Waals surface area (Å²) in [6, 6.07) is 12.9. The molecule has 1 unspecified atom stereocenters. The van der Waals surface area contributed by atoms with Gasteiger partial charge in [0.1, 0.15) is 35.6 Å². The van der Waals surface area contributed by atoms with Crippen molar-refractivity contribution in [2.24, 2.45) is 5.73 Å². The molecule has 160 valence electrons. The number of ether oxygens (including phenoxy) is 3. The predicted octanol–water partition coefficient (Wildman–Crippen LogP) is 4.70. The second-order valence-electron chi connectivity index (χ2n) is 6.72. The third-order valence-electron chi connectivity index (χ3n) is 4.70. The van der Waals surface area contributed by atoms with Crippen molar-refractivity contribution in [1.82, 2.24) is 0 Å². The molecule has 3 rings (SSSR count). The van der Waals surface area contributed by atoms with Gasteiger partial charge in [0.2, 0.25) is 5.88 Å². The van der Waals surface area contributed by atoms with Gasteiger partial charge in [0.25, 0.3) is 0 Å². The number of hydrogen-bond donors (Lipinski definition) is 1. The zero-order chi connectivity index (χ0) is 22.5. The number of nitriles is 1. The Balaban J connectivity index is 1.92. The maximum Gasteiger partial charge on any atom is 0.338 e. The third-order valence-corrected chi connectivity index (χ3v) is 4.99. The molecule has 1 heterocycles. The highest BCUT2D eigenvalue weighted by atomic mass is 35.5. The second kappa shape index (κ2) is 9.54. The van der Waals surface area contributed by atoms with Gasteiger partial charge in [0.15, 0.2) is 0 Å². The minimum Gasteiger partial charge on any atom is -0.487 e. The first-order chi connectivity index (χ1) is 14.8. The van der Waals surface area contributed by atoms with Crippen LogP contribution in [-0.2, 0) is 20.9 Å². The molecule has 2 aromatic carbocycles. The minimum atomic E-state index is -0.790. The summed E-state index contributed by atoms with van der Waals surface area (Å²) < 4.78 is 29.3. The highest BCUT2D eigenvalue weighted by molar-refractivity contribution is 6.32. The van der Waals surface area contributed by atoms with Crippen molar-refractivity contribution in [3.05, 3.63) is 87.2 Å². The van der Waals surface area contributed by atoms with E-state index >= 15 is 0 Å². The first-order valence-electron chi connectivity index (χ1n) is 9.47. The Bertz CT molecular complexity index is 1100. The Morgan fingerprint density at radius 1 is 1.29 bits per heavy atom. The van der Waals surface area contributed by atoms with Gasteiger partial charge in [-0.05, 0) is 49.2 Å². The lowest BCUT2D eigenvalue weighted by Gasteiger charge is -2.27. The van der Waals surface area contributed by atoms with E-state index in [2.05, 4.69) is 0 Å². The summed E-state index contributed by atoms with van der Waals surface area (Å²) in [4.78, 5) is 12.6. The molecule has 0 saturated heterocycles. The van der Waals surface area contributed by atoms with Crippen molar-refractivity contribution in [2.75, 3.05) is 6.61 Å². The summed E-state index contributed by atoms with van der Waals surface area (Å²) in [6.07, 6.45) is 0. The normalized spacial score (nSPS) is 15.9. The number of nitrogens with zero attached hydrogens (tertiary/aromatic N) is 1. The standard InChI is InChI=1S/C23H20ClFN2O4/c1-3-29-23(28)20-13(2)31-22(27)17(11-26)21(20)15-6-9-19(18(24)10-15)30-12-14-4-7-16(25)8-5-14/h4-10,21H,3,12,27H2,1-2H3. The van der Waals surface area contributed by atoms with Crippen molar-refractivity contribution < 1.29 is 23.4 Å². The van der Waals surface area contributed by atoms with Crippen molar-refractivity contribution in [3.63, 3.8) is 0 Å². The fourth-order valence-electron chi connectivity index (χ4n) is 3.24. The van der Waals surface area contributed by atoms with Crippen molar-refractivity contribution in [3.8, 4) is 11.8 Å². The van der Waals surface area contributed by atoms with Crippen LogP contribution in [0.2, 0.25) is 5.02 Å². The Morgan fingerprint density at radius 2 is 2.00 bits per heavy atom. The molecule has 0 fully saturated rings. The lowest BCUT2D eigenvalue weighted by Crippen LogP contribution is -2.25. The van der Waals surface area contributed by atoms with Crippen molar-refractivity contribution >= 4 is 17.6 Å². The Labute approximate surface area is 184 Å². The molecule has 8 heteroatoms. The van der Waals surface area contributed by atoms with E-state index in [-0.39, 0.29) is 46.8 Å². The Morgan fingerprint density at radius 3 is 2.61 bits per heavy atom. The largest absolute Gasteiger partial charge is 0.487 e. The van der Waals surface area contributed by atoms with Crippen LogP contribution in [0.1, 0.15) is 30.9 Å². The van der Waals surface area contributed by atoms with Crippen LogP contribution in [0, 0.1) is 17.1 Å². The highest BCUT2D eigenvalue weighted by Crippen LogP contribution is 2.41. The van der Waals surface area contributed by atoms with E-state index in [4.69, 9.17) is 31.5 Å². The number of esters is 1. The van der Waals surface area contributed by atoms with E-state index < -0.39 is 11.9 Å². The van der Waals surface area contributed by atoms with Crippen LogP contribution in [0.25, 0.3) is 0 Å². The molecular weight excluding hydrogens is 423 g/mol. The number of allylic oxidation sites excluding steroid dienone is 2. The zero-order valence-corrected chi connectivity index (χ0v) is 17.7. The fraction of sp³-hybridized carbons (Fsp3) is 0.217. The lowest BCUT2D eigenvalue weighted by molar-refractivity contribution is -0.139. The Hall–Kier alpha value is -3.50. The van der Waals surface area contributed by atoms with Gasteiger partial charge in [0.05, 0.1) is 23.1 Å². The lowest BCUT2D eigenvalue weighted by atomic mass is 9.83. The van der Waals surface area contributed by atoms with Crippen LogP contribution in [0.3, 0.4) is 0 Å². The van der Waals surface area contributed by atoms with Crippen LogP contribution in [0.15, 0.2) is 65.3 Å². The van der Waals surface area contributed by atoms with E-state index in [9.17, 15) is 14.4 Å². The first kappa shape index (κ1) is 22.2. The maximum absolute atomic E-state index is 13.0. The summed E-state index contributed by atoms with van der Waals surface area (Å²) in [6.45, 7) is 3.63. The van der Waals surface area contributed by atoms with Gasteiger partial charge in [-0.1, -0.05) is 29.8 Å². The molecule has 0 aromatic heterocycles. The molecule has 0 radical (unpaired) electrons. The first-order valence-corrected chi connectivity index (χ1v) is 9.85. The van der Waals surface area contributed by atoms with E-state index in [0.717, 1.165) is 5.56 Å². The molecule has 0 bridgehead atoms. The zero-order valence-electron chi connectivity index (χ0n) is 16.9. The SMILES string of the molecule is CCOC(=O)C1=C(C)OC(N)=C(C#N)C1c1ccc(OCc2ccc(F)cc2)c(Cl)c1.